The molecule has 2 heteroatoms. The zero-order chi connectivity index (χ0) is 12.7. The lowest BCUT2D eigenvalue weighted by atomic mass is 9.91. The normalized spacial score (nSPS) is 11.8. The Morgan fingerprint density at radius 3 is 2.76 bits per heavy atom. The average molecular weight is 232 g/mol. The van der Waals surface area contributed by atoms with Gasteiger partial charge in [-0.2, -0.15) is 0 Å². The largest absolute Gasteiger partial charge is 0.504 e. The number of phenols is 1. The first-order valence-corrected chi connectivity index (χ1v) is 6.12. The fraction of sp³-hybridized carbons (Fsp3) is 0.467. The van der Waals surface area contributed by atoms with Crippen LogP contribution in [0.5, 0.6) is 11.5 Å². The average Bonchev–Trinajstić information content (AvgIpc) is 2.32. The van der Waals surface area contributed by atoms with E-state index in [-0.39, 0.29) is 11.7 Å². The second-order valence-corrected chi connectivity index (χ2v) is 4.02. The van der Waals surface area contributed by atoms with Crippen LogP contribution in [0.15, 0.2) is 18.2 Å². The Kier molecular flexibility index (Phi) is 5.42. The van der Waals surface area contributed by atoms with Gasteiger partial charge in [0.2, 0.25) is 0 Å². The minimum absolute atomic E-state index is 0.213. The Morgan fingerprint density at radius 1 is 1.41 bits per heavy atom. The van der Waals surface area contributed by atoms with Crippen LogP contribution in [0, 0.1) is 12.3 Å². The topological polar surface area (TPSA) is 29.5 Å². The van der Waals surface area contributed by atoms with Gasteiger partial charge < -0.3 is 9.84 Å². The Morgan fingerprint density at radius 2 is 2.18 bits per heavy atom. The Hall–Kier alpha value is -1.62. The molecule has 0 fully saturated rings. The van der Waals surface area contributed by atoms with Crippen LogP contribution in [0.25, 0.3) is 0 Å². The summed E-state index contributed by atoms with van der Waals surface area (Å²) in [5, 5.41) is 10.1. The van der Waals surface area contributed by atoms with Gasteiger partial charge in [0.1, 0.15) is 0 Å². The predicted molar refractivity (Wildman–Crippen MR) is 70.4 cm³/mol. The molecule has 0 bridgehead atoms. The standard InChI is InChI=1S/C15H20O2/c1-4-8-12(9-5-2)13-10-7-11-14(15(13)16)17-6-3/h1,7,10-12,16H,5-6,8-9H2,2-3H3. The fourth-order valence-corrected chi connectivity index (χ4v) is 2.00. The molecule has 1 aromatic rings. The summed E-state index contributed by atoms with van der Waals surface area (Å²) in [5.74, 6) is 3.67. The highest BCUT2D eigenvalue weighted by atomic mass is 16.5. The highest BCUT2D eigenvalue weighted by Gasteiger charge is 2.16. The van der Waals surface area contributed by atoms with Gasteiger partial charge in [-0.3, -0.25) is 0 Å². The molecule has 1 rings (SSSR count). The summed E-state index contributed by atoms with van der Waals surface area (Å²) < 4.78 is 5.38. The first-order chi connectivity index (χ1) is 8.24. The first-order valence-electron chi connectivity index (χ1n) is 6.12. The Balaban J connectivity index is 3.02. The lowest BCUT2D eigenvalue weighted by molar-refractivity contribution is 0.315. The molecule has 0 aromatic heterocycles. The number of hydrogen-bond donors (Lipinski definition) is 1. The van der Waals surface area contributed by atoms with Gasteiger partial charge in [0.15, 0.2) is 11.5 Å². The van der Waals surface area contributed by atoms with Crippen LogP contribution in [0.2, 0.25) is 0 Å². The summed E-state index contributed by atoms with van der Waals surface area (Å²) in [6.07, 6.45) is 8.06. The number of aromatic hydroxyl groups is 1. The molecule has 0 amide bonds. The molecular weight excluding hydrogens is 212 g/mol. The second kappa shape index (κ2) is 6.85. The minimum Gasteiger partial charge on any atom is -0.504 e. The fourth-order valence-electron chi connectivity index (χ4n) is 2.00. The van der Waals surface area contributed by atoms with Gasteiger partial charge in [-0.05, 0) is 25.3 Å². The van der Waals surface area contributed by atoms with Gasteiger partial charge in [0.05, 0.1) is 6.61 Å². The molecule has 2 nitrogen and oxygen atoms in total. The SMILES string of the molecule is C#CCC(CCC)c1cccc(OCC)c1O. The second-order valence-electron chi connectivity index (χ2n) is 4.02. The van der Waals surface area contributed by atoms with Crippen molar-refractivity contribution >= 4 is 0 Å². The van der Waals surface area contributed by atoms with Gasteiger partial charge in [-0.25, -0.2) is 0 Å². The lowest BCUT2D eigenvalue weighted by Crippen LogP contribution is -2.00. The summed E-state index contributed by atoms with van der Waals surface area (Å²) in [6.45, 7) is 4.56. The molecule has 0 aliphatic rings. The van der Waals surface area contributed by atoms with Gasteiger partial charge >= 0.3 is 0 Å². The van der Waals surface area contributed by atoms with Crippen molar-refractivity contribution in [3.05, 3.63) is 23.8 Å². The zero-order valence-electron chi connectivity index (χ0n) is 10.6. The Labute approximate surface area is 104 Å². The van der Waals surface area contributed by atoms with Crippen LogP contribution in [0.3, 0.4) is 0 Å². The zero-order valence-corrected chi connectivity index (χ0v) is 10.6. The molecule has 1 aromatic carbocycles. The van der Waals surface area contributed by atoms with E-state index >= 15 is 0 Å². The molecule has 1 N–H and O–H groups in total. The van der Waals surface area contributed by atoms with E-state index in [1.165, 1.54) is 0 Å². The number of benzene rings is 1. The third-order valence-electron chi connectivity index (χ3n) is 2.77. The van der Waals surface area contributed by atoms with Crippen molar-refractivity contribution in [1.29, 1.82) is 0 Å². The number of phenolic OH excluding ortho intramolecular Hbond substituents is 1. The maximum atomic E-state index is 10.1. The summed E-state index contributed by atoms with van der Waals surface area (Å²) in [7, 11) is 0. The van der Waals surface area contributed by atoms with E-state index in [4.69, 9.17) is 11.2 Å². The van der Waals surface area contributed by atoms with Crippen molar-refractivity contribution in [1.82, 2.24) is 0 Å². The smallest absolute Gasteiger partial charge is 0.161 e. The maximum Gasteiger partial charge on any atom is 0.161 e. The quantitative estimate of drug-likeness (QED) is 0.758. The number of rotatable bonds is 6. The molecule has 0 aliphatic carbocycles. The van der Waals surface area contributed by atoms with E-state index in [9.17, 15) is 5.11 Å². The van der Waals surface area contributed by atoms with Crippen LogP contribution in [-0.4, -0.2) is 11.7 Å². The lowest BCUT2D eigenvalue weighted by Gasteiger charge is -2.17. The van der Waals surface area contributed by atoms with Gasteiger partial charge in [0.25, 0.3) is 0 Å². The minimum atomic E-state index is 0.213. The molecule has 1 unspecified atom stereocenters. The Bertz CT molecular complexity index is 390. The number of ether oxygens (including phenoxy) is 1. The van der Waals surface area contributed by atoms with Crippen molar-refractivity contribution in [2.24, 2.45) is 0 Å². The summed E-state index contributed by atoms with van der Waals surface area (Å²) >= 11 is 0. The van der Waals surface area contributed by atoms with E-state index in [1.54, 1.807) is 6.07 Å². The van der Waals surface area contributed by atoms with Gasteiger partial charge in [-0.15, -0.1) is 12.3 Å². The first kappa shape index (κ1) is 13.4. The van der Waals surface area contributed by atoms with Crippen LogP contribution in [-0.2, 0) is 0 Å². The highest BCUT2D eigenvalue weighted by Crippen LogP contribution is 2.37. The molecule has 0 saturated carbocycles. The van der Waals surface area contributed by atoms with Crippen LogP contribution < -0.4 is 4.74 Å². The van der Waals surface area contributed by atoms with E-state index in [0.29, 0.717) is 18.8 Å². The van der Waals surface area contributed by atoms with Crippen molar-refractivity contribution in [3.63, 3.8) is 0 Å². The van der Waals surface area contributed by atoms with Crippen LogP contribution in [0.1, 0.15) is 44.6 Å². The molecule has 92 valence electrons. The van der Waals surface area contributed by atoms with Crippen LogP contribution in [0.4, 0.5) is 0 Å². The van der Waals surface area contributed by atoms with Gasteiger partial charge in [-0.1, -0.05) is 25.5 Å². The molecule has 17 heavy (non-hydrogen) atoms. The van der Waals surface area contributed by atoms with Gasteiger partial charge in [0, 0.05) is 12.0 Å². The van der Waals surface area contributed by atoms with Crippen LogP contribution >= 0.6 is 0 Å². The van der Waals surface area contributed by atoms with Crippen molar-refractivity contribution < 1.29 is 9.84 Å². The highest BCUT2D eigenvalue weighted by molar-refractivity contribution is 5.47. The van der Waals surface area contributed by atoms with Crippen molar-refractivity contribution in [3.8, 4) is 23.8 Å². The third-order valence-corrected chi connectivity index (χ3v) is 2.77. The summed E-state index contributed by atoms with van der Waals surface area (Å²) in [6, 6.07) is 5.61. The van der Waals surface area contributed by atoms with E-state index < -0.39 is 0 Å². The molecule has 0 spiro atoms. The molecule has 1 atom stereocenters. The molecular formula is C15H20O2. The van der Waals surface area contributed by atoms with E-state index in [2.05, 4.69) is 12.8 Å². The number of hydrogen-bond acceptors (Lipinski definition) is 2. The number of terminal acetylenes is 1. The maximum absolute atomic E-state index is 10.1. The molecule has 0 aliphatic heterocycles. The monoisotopic (exact) mass is 232 g/mol. The summed E-state index contributed by atoms with van der Waals surface area (Å²) in [4.78, 5) is 0. The molecule has 0 heterocycles. The molecule has 0 radical (unpaired) electrons. The summed E-state index contributed by atoms with van der Waals surface area (Å²) in [5.41, 5.74) is 0.899. The molecule has 0 saturated heterocycles. The number of para-hydroxylation sites is 1. The van der Waals surface area contributed by atoms with Crippen molar-refractivity contribution in [2.45, 2.75) is 39.0 Å². The van der Waals surface area contributed by atoms with E-state index in [1.807, 2.05) is 19.1 Å². The third kappa shape index (κ3) is 3.42. The predicted octanol–water partition coefficient (Wildman–Crippen LogP) is 3.70. The van der Waals surface area contributed by atoms with Crippen molar-refractivity contribution in [2.75, 3.05) is 6.61 Å². The van der Waals surface area contributed by atoms with E-state index in [0.717, 1.165) is 18.4 Å².